The highest BCUT2D eigenvalue weighted by Crippen LogP contribution is 2.12. The summed E-state index contributed by atoms with van der Waals surface area (Å²) in [6.45, 7) is 1.97. The molecule has 0 fully saturated rings. The SMILES string of the molecule is CCC1=CCC(C#N)C(=O)N1. The van der Waals surface area contributed by atoms with E-state index in [0.717, 1.165) is 12.1 Å². The minimum absolute atomic E-state index is 0.160. The van der Waals surface area contributed by atoms with Crippen LogP contribution >= 0.6 is 0 Å². The lowest BCUT2D eigenvalue weighted by Crippen LogP contribution is -2.32. The zero-order chi connectivity index (χ0) is 8.27. The molecule has 1 amide bonds. The summed E-state index contributed by atoms with van der Waals surface area (Å²) < 4.78 is 0. The molecule has 0 aromatic carbocycles. The van der Waals surface area contributed by atoms with E-state index in [1.54, 1.807) is 0 Å². The Kier molecular flexibility index (Phi) is 2.27. The molecule has 0 bridgehead atoms. The van der Waals surface area contributed by atoms with Crippen LogP contribution in [0.3, 0.4) is 0 Å². The van der Waals surface area contributed by atoms with Crippen molar-refractivity contribution >= 4 is 5.91 Å². The molecule has 0 radical (unpaired) electrons. The van der Waals surface area contributed by atoms with E-state index in [2.05, 4.69) is 5.32 Å². The summed E-state index contributed by atoms with van der Waals surface area (Å²) in [5.41, 5.74) is 0.932. The summed E-state index contributed by atoms with van der Waals surface area (Å²) in [6, 6.07) is 1.94. The predicted octanol–water partition coefficient (Wildman–Crippen LogP) is 0.940. The smallest absolute Gasteiger partial charge is 0.241 e. The van der Waals surface area contributed by atoms with Gasteiger partial charge in [0.25, 0.3) is 0 Å². The topological polar surface area (TPSA) is 52.9 Å². The standard InChI is InChI=1S/C8H10N2O/c1-2-7-4-3-6(5-9)8(11)10-7/h4,6H,2-3H2,1H3,(H,10,11). The molecule has 0 aliphatic carbocycles. The van der Waals surface area contributed by atoms with Gasteiger partial charge in [-0.15, -0.1) is 0 Å². The molecular weight excluding hydrogens is 140 g/mol. The van der Waals surface area contributed by atoms with Crippen molar-refractivity contribution in [1.29, 1.82) is 5.26 Å². The lowest BCUT2D eigenvalue weighted by atomic mass is 10.0. The molecule has 1 N–H and O–H groups in total. The fourth-order valence-electron chi connectivity index (χ4n) is 1.01. The number of hydrogen-bond acceptors (Lipinski definition) is 2. The van der Waals surface area contributed by atoms with Gasteiger partial charge in [-0.05, 0) is 12.8 Å². The number of carbonyl (C=O) groups is 1. The number of hydrogen-bond donors (Lipinski definition) is 1. The van der Waals surface area contributed by atoms with E-state index in [4.69, 9.17) is 5.26 Å². The number of amides is 1. The Morgan fingerprint density at radius 2 is 2.64 bits per heavy atom. The van der Waals surface area contributed by atoms with Crippen LogP contribution in [0.4, 0.5) is 0 Å². The molecule has 58 valence electrons. The molecular formula is C8H10N2O. The lowest BCUT2D eigenvalue weighted by Gasteiger charge is -2.16. The van der Waals surface area contributed by atoms with Crippen LogP contribution in [-0.4, -0.2) is 5.91 Å². The van der Waals surface area contributed by atoms with Crippen LogP contribution in [0, 0.1) is 17.2 Å². The summed E-state index contributed by atoms with van der Waals surface area (Å²) in [5.74, 6) is -0.642. The Labute approximate surface area is 65.7 Å². The third-order valence-electron chi connectivity index (χ3n) is 1.74. The zero-order valence-electron chi connectivity index (χ0n) is 6.42. The first-order chi connectivity index (χ1) is 5.27. The first kappa shape index (κ1) is 7.80. The third kappa shape index (κ3) is 1.58. The Bertz CT molecular complexity index is 237. The Morgan fingerprint density at radius 3 is 3.09 bits per heavy atom. The van der Waals surface area contributed by atoms with E-state index in [1.165, 1.54) is 0 Å². The van der Waals surface area contributed by atoms with E-state index in [1.807, 2.05) is 19.1 Å². The van der Waals surface area contributed by atoms with Gasteiger partial charge >= 0.3 is 0 Å². The Balaban J connectivity index is 2.68. The summed E-state index contributed by atoms with van der Waals surface area (Å²) in [6.07, 6.45) is 3.30. The van der Waals surface area contributed by atoms with Gasteiger partial charge in [0.2, 0.25) is 5.91 Å². The fraction of sp³-hybridized carbons (Fsp3) is 0.500. The maximum Gasteiger partial charge on any atom is 0.241 e. The molecule has 1 rings (SSSR count). The van der Waals surface area contributed by atoms with Gasteiger partial charge in [0.1, 0.15) is 5.92 Å². The molecule has 0 spiro atoms. The number of carbonyl (C=O) groups excluding carboxylic acids is 1. The number of rotatable bonds is 1. The predicted molar refractivity (Wildman–Crippen MR) is 40.2 cm³/mol. The highest BCUT2D eigenvalue weighted by atomic mass is 16.1. The number of nitriles is 1. The van der Waals surface area contributed by atoms with Gasteiger partial charge in [-0.3, -0.25) is 4.79 Å². The molecule has 0 saturated carbocycles. The van der Waals surface area contributed by atoms with Crippen LogP contribution in [-0.2, 0) is 4.79 Å². The molecule has 3 nitrogen and oxygen atoms in total. The van der Waals surface area contributed by atoms with E-state index in [0.29, 0.717) is 6.42 Å². The second-order valence-electron chi connectivity index (χ2n) is 2.49. The fourth-order valence-corrected chi connectivity index (χ4v) is 1.01. The molecule has 11 heavy (non-hydrogen) atoms. The van der Waals surface area contributed by atoms with Gasteiger partial charge in [0, 0.05) is 5.70 Å². The maximum absolute atomic E-state index is 11.0. The first-order valence-corrected chi connectivity index (χ1v) is 3.67. The van der Waals surface area contributed by atoms with Crippen LogP contribution < -0.4 is 5.32 Å². The summed E-state index contributed by atoms with van der Waals surface area (Å²) in [7, 11) is 0. The lowest BCUT2D eigenvalue weighted by molar-refractivity contribution is -0.123. The van der Waals surface area contributed by atoms with E-state index >= 15 is 0 Å². The van der Waals surface area contributed by atoms with Gasteiger partial charge in [-0.2, -0.15) is 5.26 Å². The van der Waals surface area contributed by atoms with Crippen molar-refractivity contribution in [3.05, 3.63) is 11.8 Å². The quantitative estimate of drug-likeness (QED) is 0.604. The molecule has 0 aromatic heterocycles. The molecule has 1 aliphatic rings. The van der Waals surface area contributed by atoms with Crippen LogP contribution in [0.5, 0.6) is 0 Å². The zero-order valence-corrected chi connectivity index (χ0v) is 6.42. The second-order valence-corrected chi connectivity index (χ2v) is 2.49. The van der Waals surface area contributed by atoms with Crippen molar-refractivity contribution in [3.63, 3.8) is 0 Å². The van der Waals surface area contributed by atoms with Gasteiger partial charge < -0.3 is 5.32 Å². The molecule has 1 aliphatic heterocycles. The minimum atomic E-state index is -0.481. The summed E-state index contributed by atoms with van der Waals surface area (Å²) >= 11 is 0. The van der Waals surface area contributed by atoms with Gasteiger partial charge in [0.05, 0.1) is 6.07 Å². The van der Waals surface area contributed by atoms with Gasteiger partial charge in [-0.1, -0.05) is 13.0 Å². The summed E-state index contributed by atoms with van der Waals surface area (Å²) in [4.78, 5) is 11.0. The number of nitrogens with zero attached hydrogens (tertiary/aromatic N) is 1. The monoisotopic (exact) mass is 150 g/mol. The number of nitrogens with one attached hydrogen (secondary N) is 1. The van der Waals surface area contributed by atoms with E-state index < -0.39 is 5.92 Å². The molecule has 1 atom stereocenters. The largest absolute Gasteiger partial charge is 0.329 e. The van der Waals surface area contributed by atoms with Crippen LogP contribution in [0.2, 0.25) is 0 Å². The normalized spacial score (nSPS) is 23.5. The van der Waals surface area contributed by atoms with Crippen molar-refractivity contribution in [2.45, 2.75) is 19.8 Å². The molecule has 3 heteroatoms. The molecule has 0 saturated heterocycles. The van der Waals surface area contributed by atoms with Crippen molar-refractivity contribution in [2.24, 2.45) is 5.92 Å². The minimum Gasteiger partial charge on any atom is -0.329 e. The van der Waals surface area contributed by atoms with Crippen molar-refractivity contribution in [2.75, 3.05) is 0 Å². The molecule has 1 unspecified atom stereocenters. The molecule has 1 heterocycles. The van der Waals surface area contributed by atoms with E-state index in [9.17, 15) is 4.79 Å². The van der Waals surface area contributed by atoms with Crippen LogP contribution in [0.15, 0.2) is 11.8 Å². The second kappa shape index (κ2) is 3.20. The van der Waals surface area contributed by atoms with Crippen molar-refractivity contribution in [3.8, 4) is 6.07 Å². The van der Waals surface area contributed by atoms with Gasteiger partial charge in [0.15, 0.2) is 0 Å². The van der Waals surface area contributed by atoms with Gasteiger partial charge in [-0.25, -0.2) is 0 Å². The summed E-state index contributed by atoms with van der Waals surface area (Å²) in [5, 5.41) is 11.1. The van der Waals surface area contributed by atoms with Crippen LogP contribution in [0.1, 0.15) is 19.8 Å². The number of allylic oxidation sites excluding steroid dienone is 2. The Hall–Kier alpha value is -1.30. The average Bonchev–Trinajstić information content (AvgIpc) is 2.04. The van der Waals surface area contributed by atoms with Crippen molar-refractivity contribution in [1.82, 2.24) is 5.32 Å². The Morgan fingerprint density at radius 1 is 1.91 bits per heavy atom. The third-order valence-corrected chi connectivity index (χ3v) is 1.74. The van der Waals surface area contributed by atoms with Crippen molar-refractivity contribution < 1.29 is 4.79 Å². The first-order valence-electron chi connectivity index (χ1n) is 3.67. The van der Waals surface area contributed by atoms with E-state index in [-0.39, 0.29) is 5.91 Å². The molecule has 0 aromatic rings. The average molecular weight is 150 g/mol. The van der Waals surface area contributed by atoms with Crippen LogP contribution in [0.25, 0.3) is 0 Å². The highest BCUT2D eigenvalue weighted by Gasteiger charge is 2.20. The maximum atomic E-state index is 11.0. The highest BCUT2D eigenvalue weighted by molar-refractivity contribution is 5.83.